The van der Waals surface area contributed by atoms with Crippen LogP contribution in [0.4, 0.5) is 0 Å². The average molecular weight is 250 g/mol. The lowest BCUT2D eigenvalue weighted by atomic mass is 9.94. The molecule has 1 N–H and O–H groups in total. The largest absolute Gasteiger partial charge is 0.376 e. The number of rotatable bonds is 2. The Bertz CT molecular complexity index is 208. The van der Waals surface area contributed by atoms with Crippen LogP contribution >= 0.6 is 15.9 Å². The highest BCUT2D eigenvalue weighted by molar-refractivity contribution is 9.10. The molecule has 3 nitrogen and oxygen atoms in total. The highest BCUT2D eigenvalue weighted by Crippen LogP contribution is 2.25. The van der Waals surface area contributed by atoms with E-state index in [-0.39, 0.29) is 22.4 Å². The summed E-state index contributed by atoms with van der Waals surface area (Å²) in [5.41, 5.74) is -0.195. The lowest BCUT2D eigenvalue weighted by Crippen LogP contribution is -2.52. The fraction of sp³-hybridized carbons (Fsp3) is 0.889. The van der Waals surface area contributed by atoms with Crippen molar-refractivity contribution in [1.29, 1.82) is 0 Å². The van der Waals surface area contributed by atoms with E-state index in [1.54, 1.807) is 0 Å². The summed E-state index contributed by atoms with van der Waals surface area (Å²) in [4.78, 5) is 11.3. The number of amides is 1. The predicted octanol–water partition coefficient (Wildman–Crippen LogP) is 1.45. The lowest BCUT2D eigenvalue weighted by Gasteiger charge is -2.29. The first-order valence-corrected chi connectivity index (χ1v) is 5.45. The van der Waals surface area contributed by atoms with E-state index in [9.17, 15) is 4.79 Å². The van der Waals surface area contributed by atoms with E-state index in [0.717, 1.165) is 13.0 Å². The number of carbonyl (C=O) groups is 1. The minimum absolute atomic E-state index is 0.0276. The van der Waals surface area contributed by atoms with Gasteiger partial charge in [0, 0.05) is 6.61 Å². The first-order valence-electron chi connectivity index (χ1n) is 4.53. The van der Waals surface area contributed by atoms with Gasteiger partial charge in [0.2, 0.25) is 5.91 Å². The van der Waals surface area contributed by atoms with Gasteiger partial charge >= 0.3 is 0 Å². The van der Waals surface area contributed by atoms with Gasteiger partial charge in [-0.1, -0.05) is 15.9 Å². The van der Waals surface area contributed by atoms with Gasteiger partial charge in [0.05, 0.1) is 16.5 Å². The Kier molecular flexibility index (Phi) is 3.35. The SMILES string of the molecule is CC(Br)C(=O)NC1(C)CCOC1C. The van der Waals surface area contributed by atoms with E-state index >= 15 is 0 Å². The molecule has 1 fully saturated rings. The van der Waals surface area contributed by atoms with Crippen LogP contribution in [0.1, 0.15) is 27.2 Å². The Morgan fingerprint density at radius 1 is 1.77 bits per heavy atom. The van der Waals surface area contributed by atoms with E-state index in [4.69, 9.17) is 4.74 Å². The number of carbonyl (C=O) groups excluding carboxylic acids is 1. The highest BCUT2D eigenvalue weighted by Gasteiger charge is 2.38. The monoisotopic (exact) mass is 249 g/mol. The molecule has 1 amide bonds. The third-order valence-corrected chi connectivity index (χ3v) is 3.07. The summed E-state index contributed by atoms with van der Waals surface area (Å²) in [6.07, 6.45) is 0.988. The molecule has 3 unspecified atom stereocenters. The van der Waals surface area contributed by atoms with Gasteiger partial charge in [-0.2, -0.15) is 0 Å². The van der Waals surface area contributed by atoms with Crippen LogP contribution in [-0.2, 0) is 9.53 Å². The van der Waals surface area contributed by atoms with Crippen molar-refractivity contribution < 1.29 is 9.53 Å². The second-order valence-corrected chi connectivity index (χ2v) is 5.16. The molecule has 1 heterocycles. The van der Waals surface area contributed by atoms with Crippen molar-refractivity contribution in [2.75, 3.05) is 6.61 Å². The fourth-order valence-corrected chi connectivity index (χ4v) is 1.49. The number of alkyl halides is 1. The topological polar surface area (TPSA) is 38.3 Å². The van der Waals surface area contributed by atoms with Crippen LogP contribution in [0, 0.1) is 0 Å². The van der Waals surface area contributed by atoms with E-state index in [1.165, 1.54) is 0 Å². The molecular formula is C9H16BrNO2. The molecule has 3 atom stereocenters. The van der Waals surface area contributed by atoms with Crippen LogP contribution in [0.5, 0.6) is 0 Å². The summed E-state index contributed by atoms with van der Waals surface area (Å²) in [5.74, 6) is 0.0276. The van der Waals surface area contributed by atoms with Gasteiger partial charge < -0.3 is 10.1 Å². The van der Waals surface area contributed by atoms with Crippen molar-refractivity contribution in [3.05, 3.63) is 0 Å². The number of nitrogens with one attached hydrogen (secondary N) is 1. The molecule has 1 aliphatic heterocycles. The van der Waals surface area contributed by atoms with Crippen molar-refractivity contribution >= 4 is 21.8 Å². The van der Waals surface area contributed by atoms with Crippen LogP contribution < -0.4 is 5.32 Å². The Morgan fingerprint density at radius 3 is 2.77 bits per heavy atom. The zero-order valence-electron chi connectivity index (χ0n) is 8.26. The molecule has 0 saturated carbocycles. The maximum absolute atomic E-state index is 11.4. The van der Waals surface area contributed by atoms with Gasteiger partial charge in [0.15, 0.2) is 0 Å². The highest BCUT2D eigenvalue weighted by atomic mass is 79.9. The molecule has 13 heavy (non-hydrogen) atoms. The molecule has 0 radical (unpaired) electrons. The van der Waals surface area contributed by atoms with Crippen LogP contribution in [0.15, 0.2) is 0 Å². The van der Waals surface area contributed by atoms with Gasteiger partial charge in [0.25, 0.3) is 0 Å². The number of hydrogen-bond acceptors (Lipinski definition) is 2. The summed E-state index contributed by atoms with van der Waals surface area (Å²) < 4.78 is 5.42. The van der Waals surface area contributed by atoms with Gasteiger partial charge in [-0.15, -0.1) is 0 Å². The summed E-state index contributed by atoms with van der Waals surface area (Å²) in [6, 6.07) is 0. The normalized spacial score (nSPS) is 35.8. The minimum Gasteiger partial charge on any atom is -0.376 e. The van der Waals surface area contributed by atoms with Crippen LogP contribution in [0.25, 0.3) is 0 Å². The third-order valence-electron chi connectivity index (χ3n) is 2.66. The summed E-state index contributed by atoms with van der Waals surface area (Å²) in [6.45, 7) is 6.57. The second-order valence-electron chi connectivity index (χ2n) is 3.79. The molecule has 0 aromatic carbocycles. The van der Waals surface area contributed by atoms with Crippen molar-refractivity contribution in [2.45, 2.75) is 43.7 Å². The average Bonchev–Trinajstić information content (AvgIpc) is 2.32. The zero-order chi connectivity index (χ0) is 10.1. The van der Waals surface area contributed by atoms with Gasteiger partial charge in [-0.25, -0.2) is 0 Å². The number of hydrogen-bond donors (Lipinski definition) is 1. The number of halogens is 1. The first-order chi connectivity index (χ1) is 5.96. The van der Waals surface area contributed by atoms with Crippen molar-refractivity contribution in [1.82, 2.24) is 5.32 Å². The van der Waals surface area contributed by atoms with Crippen LogP contribution in [0.3, 0.4) is 0 Å². The maximum Gasteiger partial charge on any atom is 0.234 e. The van der Waals surface area contributed by atoms with Crippen molar-refractivity contribution in [3.8, 4) is 0 Å². The van der Waals surface area contributed by atoms with E-state index in [0.29, 0.717) is 0 Å². The first kappa shape index (κ1) is 11.0. The Morgan fingerprint density at radius 2 is 2.38 bits per heavy atom. The molecular weight excluding hydrogens is 234 g/mol. The molecule has 0 bridgehead atoms. The quantitative estimate of drug-likeness (QED) is 0.753. The molecule has 1 rings (SSSR count). The molecule has 76 valence electrons. The second kappa shape index (κ2) is 3.96. The molecule has 0 spiro atoms. The van der Waals surface area contributed by atoms with Crippen LogP contribution in [-0.4, -0.2) is 29.0 Å². The predicted molar refractivity (Wildman–Crippen MR) is 55.0 cm³/mol. The molecule has 1 aliphatic rings. The maximum atomic E-state index is 11.4. The minimum atomic E-state index is -0.195. The molecule has 0 aromatic rings. The Labute approximate surface area is 87.3 Å². The lowest BCUT2D eigenvalue weighted by molar-refractivity contribution is -0.122. The number of ether oxygens (including phenoxy) is 1. The Balaban J connectivity index is 2.56. The summed E-state index contributed by atoms with van der Waals surface area (Å²) in [7, 11) is 0. The zero-order valence-corrected chi connectivity index (χ0v) is 9.85. The van der Waals surface area contributed by atoms with Gasteiger partial charge in [-0.3, -0.25) is 4.79 Å². The Hall–Kier alpha value is -0.0900. The molecule has 0 aromatic heterocycles. The van der Waals surface area contributed by atoms with Crippen LogP contribution in [0.2, 0.25) is 0 Å². The molecule has 0 aliphatic carbocycles. The smallest absolute Gasteiger partial charge is 0.234 e. The summed E-state index contributed by atoms with van der Waals surface area (Å²) in [5, 5.41) is 2.99. The van der Waals surface area contributed by atoms with Gasteiger partial charge in [-0.05, 0) is 27.2 Å². The third kappa shape index (κ3) is 2.44. The van der Waals surface area contributed by atoms with E-state index in [1.807, 2.05) is 20.8 Å². The van der Waals surface area contributed by atoms with Crippen molar-refractivity contribution in [3.63, 3.8) is 0 Å². The van der Waals surface area contributed by atoms with E-state index < -0.39 is 0 Å². The standard InChI is InChI=1S/C9H16BrNO2/c1-6(10)8(12)11-9(3)4-5-13-7(9)2/h6-7H,4-5H2,1-3H3,(H,11,12). The fourth-order valence-electron chi connectivity index (χ4n) is 1.38. The molecule has 1 saturated heterocycles. The van der Waals surface area contributed by atoms with Crippen molar-refractivity contribution in [2.24, 2.45) is 0 Å². The van der Waals surface area contributed by atoms with E-state index in [2.05, 4.69) is 21.2 Å². The van der Waals surface area contributed by atoms with Gasteiger partial charge in [0.1, 0.15) is 0 Å². The summed E-state index contributed by atoms with van der Waals surface area (Å²) >= 11 is 3.24. The molecule has 4 heteroatoms.